The Morgan fingerprint density at radius 2 is 2.29 bits per heavy atom. The maximum absolute atomic E-state index is 10.7. The molecule has 0 unspecified atom stereocenters. The zero-order valence-electron chi connectivity index (χ0n) is 8.54. The first-order chi connectivity index (χ1) is 8.24. The summed E-state index contributed by atoms with van der Waals surface area (Å²) in [5.74, 6) is -1.00. The summed E-state index contributed by atoms with van der Waals surface area (Å²) in [6, 6.07) is 5.73. The van der Waals surface area contributed by atoms with Crippen LogP contribution in [0.4, 0.5) is 0 Å². The van der Waals surface area contributed by atoms with Gasteiger partial charge in [-0.05, 0) is 18.2 Å². The second kappa shape index (κ2) is 3.67. The van der Waals surface area contributed by atoms with Crippen molar-refractivity contribution in [2.45, 2.75) is 0 Å². The summed E-state index contributed by atoms with van der Waals surface area (Å²) in [7, 11) is 0. The molecule has 0 amide bonds. The highest BCUT2D eigenvalue weighted by atomic mass is 32.1. The summed E-state index contributed by atoms with van der Waals surface area (Å²) in [6.45, 7) is 0. The Morgan fingerprint density at radius 1 is 1.41 bits per heavy atom. The van der Waals surface area contributed by atoms with E-state index in [4.69, 9.17) is 5.11 Å². The SMILES string of the molecule is O=C(O)c1csc(-c2ccc3[nH]ncc3c2)n1. The summed E-state index contributed by atoms with van der Waals surface area (Å²) >= 11 is 1.32. The summed E-state index contributed by atoms with van der Waals surface area (Å²) in [5, 5.41) is 18.8. The summed E-state index contributed by atoms with van der Waals surface area (Å²) in [5.41, 5.74) is 1.93. The highest BCUT2D eigenvalue weighted by Crippen LogP contribution is 2.26. The van der Waals surface area contributed by atoms with Crippen LogP contribution in [0.25, 0.3) is 21.5 Å². The first-order valence-electron chi connectivity index (χ1n) is 4.86. The number of thiazole rings is 1. The molecule has 0 spiro atoms. The van der Waals surface area contributed by atoms with E-state index in [0.29, 0.717) is 5.01 Å². The molecule has 0 aliphatic heterocycles. The average molecular weight is 245 g/mol. The van der Waals surface area contributed by atoms with Crippen molar-refractivity contribution in [2.24, 2.45) is 0 Å². The van der Waals surface area contributed by atoms with Gasteiger partial charge in [0.15, 0.2) is 5.69 Å². The van der Waals surface area contributed by atoms with Gasteiger partial charge in [0.05, 0.1) is 11.7 Å². The minimum absolute atomic E-state index is 0.0808. The van der Waals surface area contributed by atoms with E-state index >= 15 is 0 Å². The van der Waals surface area contributed by atoms with Crippen LogP contribution < -0.4 is 0 Å². The number of aromatic nitrogens is 3. The second-order valence-corrected chi connectivity index (χ2v) is 4.37. The van der Waals surface area contributed by atoms with E-state index in [-0.39, 0.29) is 5.69 Å². The Labute approximate surface area is 99.7 Å². The monoisotopic (exact) mass is 245 g/mol. The molecule has 6 heteroatoms. The number of nitrogens with one attached hydrogen (secondary N) is 1. The fourth-order valence-electron chi connectivity index (χ4n) is 1.58. The number of hydrogen-bond acceptors (Lipinski definition) is 4. The molecule has 2 N–H and O–H groups in total. The fourth-order valence-corrected chi connectivity index (χ4v) is 2.37. The number of fused-ring (bicyclic) bond motifs is 1. The number of nitrogens with zero attached hydrogens (tertiary/aromatic N) is 2. The quantitative estimate of drug-likeness (QED) is 0.726. The maximum Gasteiger partial charge on any atom is 0.355 e. The molecule has 0 fully saturated rings. The van der Waals surface area contributed by atoms with E-state index in [1.807, 2.05) is 18.2 Å². The molecule has 2 heterocycles. The molecule has 84 valence electrons. The van der Waals surface area contributed by atoms with Gasteiger partial charge in [-0.1, -0.05) is 0 Å². The first kappa shape index (κ1) is 9.98. The van der Waals surface area contributed by atoms with E-state index in [0.717, 1.165) is 16.5 Å². The van der Waals surface area contributed by atoms with E-state index in [9.17, 15) is 4.79 Å². The standard InChI is InChI=1S/C11H7N3O2S/c15-11(16)9-5-17-10(13-9)6-1-2-8-7(3-6)4-12-14-8/h1-5H,(H,12,14)(H,15,16). The Kier molecular flexibility index (Phi) is 2.15. The zero-order chi connectivity index (χ0) is 11.8. The molecular weight excluding hydrogens is 238 g/mol. The lowest BCUT2D eigenvalue weighted by Crippen LogP contribution is -1.95. The van der Waals surface area contributed by atoms with Gasteiger partial charge in [-0.25, -0.2) is 9.78 Å². The Bertz CT molecular complexity index is 701. The number of aromatic amines is 1. The van der Waals surface area contributed by atoms with E-state index in [1.54, 1.807) is 6.20 Å². The predicted molar refractivity (Wildman–Crippen MR) is 64.2 cm³/mol. The zero-order valence-corrected chi connectivity index (χ0v) is 9.36. The highest BCUT2D eigenvalue weighted by molar-refractivity contribution is 7.13. The van der Waals surface area contributed by atoms with Crippen molar-refractivity contribution in [3.05, 3.63) is 35.5 Å². The van der Waals surface area contributed by atoms with Gasteiger partial charge in [-0.3, -0.25) is 5.10 Å². The number of aromatic carboxylic acids is 1. The van der Waals surface area contributed by atoms with Gasteiger partial charge < -0.3 is 5.11 Å². The summed E-state index contributed by atoms with van der Waals surface area (Å²) in [6.07, 6.45) is 1.73. The van der Waals surface area contributed by atoms with Crippen molar-refractivity contribution in [3.8, 4) is 10.6 Å². The van der Waals surface area contributed by atoms with Crippen molar-refractivity contribution in [2.75, 3.05) is 0 Å². The lowest BCUT2D eigenvalue weighted by Gasteiger charge is -1.95. The molecular formula is C11H7N3O2S. The molecule has 17 heavy (non-hydrogen) atoms. The fraction of sp³-hybridized carbons (Fsp3) is 0. The largest absolute Gasteiger partial charge is 0.476 e. The molecule has 0 aliphatic carbocycles. The number of H-pyrrole nitrogens is 1. The summed E-state index contributed by atoms with van der Waals surface area (Å²) < 4.78 is 0. The van der Waals surface area contributed by atoms with Crippen molar-refractivity contribution >= 4 is 28.2 Å². The first-order valence-corrected chi connectivity index (χ1v) is 5.74. The topological polar surface area (TPSA) is 78.9 Å². The molecule has 0 saturated carbocycles. The van der Waals surface area contributed by atoms with E-state index < -0.39 is 5.97 Å². The van der Waals surface area contributed by atoms with Gasteiger partial charge in [-0.15, -0.1) is 11.3 Å². The maximum atomic E-state index is 10.7. The summed E-state index contributed by atoms with van der Waals surface area (Å²) in [4.78, 5) is 14.8. The normalized spacial score (nSPS) is 10.8. The van der Waals surface area contributed by atoms with Crippen LogP contribution in [0.15, 0.2) is 29.8 Å². The van der Waals surface area contributed by atoms with Crippen LogP contribution in [-0.2, 0) is 0 Å². The van der Waals surface area contributed by atoms with Crippen LogP contribution >= 0.6 is 11.3 Å². The number of benzene rings is 1. The third-order valence-corrected chi connectivity index (χ3v) is 3.30. The lowest BCUT2D eigenvalue weighted by molar-refractivity contribution is 0.0691. The minimum Gasteiger partial charge on any atom is -0.476 e. The van der Waals surface area contributed by atoms with Crippen LogP contribution in [0.5, 0.6) is 0 Å². The van der Waals surface area contributed by atoms with E-state index in [2.05, 4.69) is 15.2 Å². The second-order valence-electron chi connectivity index (χ2n) is 3.52. The number of hydrogen-bond donors (Lipinski definition) is 2. The van der Waals surface area contributed by atoms with Crippen molar-refractivity contribution < 1.29 is 9.90 Å². The van der Waals surface area contributed by atoms with Gasteiger partial charge in [-0.2, -0.15) is 5.10 Å². The molecule has 5 nitrogen and oxygen atoms in total. The van der Waals surface area contributed by atoms with Gasteiger partial charge in [0.1, 0.15) is 5.01 Å². The average Bonchev–Trinajstić information content (AvgIpc) is 2.97. The van der Waals surface area contributed by atoms with Crippen molar-refractivity contribution in [1.82, 2.24) is 15.2 Å². The van der Waals surface area contributed by atoms with Crippen molar-refractivity contribution in [3.63, 3.8) is 0 Å². The van der Waals surface area contributed by atoms with Crippen LogP contribution in [0.3, 0.4) is 0 Å². The molecule has 1 aromatic carbocycles. The molecule has 0 saturated heterocycles. The lowest BCUT2D eigenvalue weighted by atomic mass is 10.2. The number of rotatable bonds is 2. The number of carbonyl (C=O) groups is 1. The molecule has 3 rings (SSSR count). The van der Waals surface area contributed by atoms with Crippen molar-refractivity contribution in [1.29, 1.82) is 0 Å². The molecule has 3 aromatic rings. The van der Waals surface area contributed by atoms with Gasteiger partial charge in [0, 0.05) is 16.3 Å². The molecule has 0 radical (unpaired) electrons. The molecule has 2 aromatic heterocycles. The van der Waals surface area contributed by atoms with Crippen LogP contribution in [0.2, 0.25) is 0 Å². The van der Waals surface area contributed by atoms with Gasteiger partial charge in [0.25, 0.3) is 0 Å². The van der Waals surface area contributed by atoms with Gasteiger partial charge in [0.2, 0.25) is 0 Å². The highest BCUT2D eigenvalue weighted by Gasteiger charge is 2.10. The van der Waals surface area contributed by atoms with Crippen LogP contribution in [0.1, 0.15) is 10.5 Å². The molecule has 0 bridgehead atoms. The third-order valence-electron chi connectivity index (χ3n) is 2.41. The Balaban J connectivity index is 2.09. The number of carboxylic acids is 1. The van der Waals surface area contributed by atoms with Crippen LogP contribution in [-0.4, -0.2) is 26.3 Å². The van der Waals surface area contributed by atoms with Crippen LogP contribution in [0, 0.1) is 0 Å². The Hall–Kier alpha value is -2.21. The minimum atomic E-state index is -1.00. The predicted octanol–water partition coefficient (Wildman–Crippen LogP) is 2.38. The third kappa shape index (κ3) is 1.68. The van der Waals surface area contributed by atoms with E-state index in [1.165, 1.54) is 16.7 Å². The van der Waals surface area contributed by atoms with Gasteiger partial charge >= 0.3 is 5.97 Å². The Morgan fingerprint density at radius 3 is 3.06 bits per heavy atom. The molecule has 0 aliphatic rings. The smallest absolute Gasteiger partial charge is 0.355 e. The number of carboxylic acid groups (broad SMARTS) is 1. The molecule has 0 atom stereocenters.